The van der Waals surface area contributed by atoms with E-state index in [1.807, 2.05) is 42.5 Å². The summed E-state index contributed by atoms with van der Waals surface area (Å²) in [6.45, 7) is 1.64. The van der Waals surface area contributed by atoms with Gasteiger partial charge in [0.15, 0.2) is 0 Å². The minimum absolute atomic E-state index is 0.158. The molecule has 13 nitrogen and oxygen atoms in total. The van der Waals surface area contributed by atoms with E-state index in [2.05, 4.69) is 45.9 Å². The van der Waals surface area contributed by atoms with Gasteiger partial charge in [-0.1, -0.05) is 87.8 Å². The summed E-state index contributed by atoms with van der Waals surface area (Å²) in [4.78, 5) is 23.3. The average molecular weight is 871 g/mol. The van der Waals surface area contributed by atoms with Gasteiger partial charge in [0, 0.05) is 70.1 Å². The van der Waals surface area contributed by atoms with Crippen molar-refractivity contribution in [3.05, 3.63) is 141 Å². The van der Waals surface area contributed by atoms with E-state index < -0.39 is 0 Å². The third kappa shape index (κ3) is 22.6. The van der Waals surface area contributed by atoms with Gasteiger partial charge in [0.05, 0.1) is 0 Å². The van der Waals surface area contributed by atoms with E-state index in [1.165, 1.54) is 25.0 Å². The summed E-state index contributed by atoms with van der Waals surface area (Å²) in [7, 11) is 0. The maximum Gasteiger partial charge on any atom is 0.135 e. The van der Waals surface area contributed by atoms with E-state index in [-0.39, 0.29) is 13.2 Å². The van der Waals surface area contributed by atoms with Gasteiger partial charge in [0.1, 0.15) is 51.9 Å². The molecule has 0 saturated heterocycles. The summed E-state index contributed by atoms with van der Waals surface area (Å²) in [6, 6.07) is 26.8. The van der Waals surface area contributed by atoms with E-state index in [0.29, 0.717) is 73.2 Å². The van der Waals surface area contributed by atoms with Crippen LogP contribution in [0.3, 0.4) is 0 Å². The summed E-state index contributed by atoms with van der Waals surface area (Å²) in [6.07, 6.45) is 5.59. The number of halogens is 6. The van der Waals surface area contributed by atoms with Crippen molar-refractivity contribution in [2.75, 3.05) is 48.0 Å². The Balaban J connectivity index is 0.000000257. The van der Waals surface area contributed by atoms with Crippen LogP contribution < -0.4 is 27.4 Å². The largest absolute Gasteiger partial charge is 0.399 e. The predicted octanol–water partition coefficient (Wildman–Crippen LogP) is 9.23. The van der Waals surface area contributed by atoms with Crippen LogP contribution in [0.4, 0.5) is 34.5 Å². The smallest absolute Gasteiger partial charge is 0.135 e. The third-order valence-electron chi connectivity index (χ3n) is 5.95. The van der Waals surface area contributed by atoms with Gasteiger partial charge in [-0.05, 0) is 74.0 Å². The topological polar surface area (TPSA) is 206 Å². The Labute approximate surface area is 349 Å². The van der Waals surface area contributed by atoms with Gasteiger partial charge in [0.25, 0.3) is 0 Å². The fraction of sp³-hybridized carbons (Fsp3) is 0.167. The Bertz CT molecular complexity index is 1840. The number of hydrogen-bond donors (Lipinski definition) is 7. The molecule has 0 radical (unpaired) electrons. The number of nitrogens with zero attached hydrogens (tertiary/aromatic N) is 6. The van der Waals surface area contributed by atoms with Gasteiger partial charge in [0.2, 0.25) is 0 Å². The van der Waals surface area contributed by atoms with Crippen molar-refractivity contribution in [3.8, 4) is 0 Å². The van der Waals surface area contributed by atoms with Crippen LogP contribution in [0.2, 0.25) is 30.5 Å². The maximum atomic E-state index is 8.72. The monoisotopic (exact) mass is 867 g/mol. The lowest BCUT2D eigenvalue weighted by atomic mass is 10.3. The Morgan fingerprint density at radius 3 is 1.36 bits per heavy atom. The second kappa shape index (κ2) is 28.2. The number of nitrogens with two attached hydrogens (primary N) is 2. The molecule has 0 saturated carbocycles. The zero-order valence-electron chi connectivity index (χ0n) is 29.1. The molecule has 292 valence electrons. The fourth-order valence-electron chi connectivity index (χ4n) is 3.56. The molecule has 0 atom stereocenters. The first-order valence-electron chi connectivity index (χ1n) is 16.2. The number of hydrogen-bond acceptors (Lipinski definition) is 13. The molecule has 3 heterocycles. The van der Waals surface area contributed by atoms with E-state index in [0.717, 1.165) is 17.8 Å². The van der Waals surface area contributed by atoms with E-state index in [4.69, 9.17) is 91.3 Å². The van der Waals surface area contributed by atoms with Gasteiger partial charge >= 0.3 is 0 Å². The molecule has 0 spiro atoms. The molecular weight excluding hydrogens is 831 g/mol. The van der Waals surface area contributed by atoms with Crippen molar-refractivity contribution in [2.24, 2.45) is 5.73 Å². The van der Waals surface area contributed by atoms with Crippen molar-refractivity contribution in [3.63, 3.8) is 0 Å². The number of nitrogen functional groups attached to an aromatic ring is 1. The van der Waals surface area contributed by atoms with Crippen molar-refractivity contribution in [1.29, 1.82) is 0 Å². The third-order valence-corrected chi connectivity index (χ3v) is 7.27. The summed E-state index contributed by atoms with van der Waals surface area (Å²) >= 11 is 33.9. The maximum absolute atomic E-state index is 8.72. The van der Waals surface area contributed by atoms with E-state index in [1.54, 1.807) is 42.5 Å². The van der Waals surface area contributed by atoms with Gasteiger partial charge < -0.3 is 37.6 Å². The first kappa shape index (κ1) is 46.9. The highest BCUT2D eigenvalue weighted by Crippen LogP contribution is 2.21. The number of aromatic nitrogens is 6. The molecule has 6 rings (SSSR count). The van der Waals surface area contributed by atoms with Crippen LogP contribution >= 0.6 is 69.6 Å². The standard InChI is InChI=1S/C13H15ClN4O.C10H7Cl2N3.C6H6ClN.C4H2Cl2N2.C3H9NO/c14-10-3-1-4-11(7-10)18-13-8-12(16-9-17-13)15-5-2-6-19;11-7-2-1-3-8(4-7)15-10-5-9(12)13-6-14-10;7-5-2-1-3-6(8)4-5;5-3-1-4(6)8-2-7-3;4-2-1-3-5/h1,3-4,7-9,19H,2,5-6H2,(H2,15,16,17,18);1-6H,(H,13,14,15);1-4H,8H2;1-2H;5H,1-4H2. The molecule has 0 aliphatic carbocycles. The van der Waals surface area contributed by atoms with Crippen LogP contribution in [0.25, 0.3) is 0 Å². The number of aliphatic hydroxyl groups is 2. The Morgan fingerprint density at radius 2 is 0.964 bits per heavy atom. The Hall–Kier alpha value is -4.28. The molecule has 0 amide bonds. The Kier molecular flexibility index (Phi) is 24.0. The second-order valence-electron chi connectivity index (χ2n) is 10.4. The molecule has 0 bridgehead atoms. The SMILES string of the molecule is Clc1cc(Cl)ncn1.Clc1cccc(Nc2cc(Cl)ncn2)c1.NCCCO.Nc1cccc(Cl)c1.OCCCNc1cc(Nc2cccc(Cl)c2)ncn1. The zero-order valence-corrected chi connectivity index (χ0v) is 33.7. The van der Waals surface area contributed by atoms with Crippen molar-refractivity contribution >= 4 is 104 Å². The molecule has 19 heteroatoms. The van der Waals surface area contributed by atoms with Crippen LogP contribution in [0, 0.1) is 0 Å². The quantitative estimate of drug-likeness (QED) is 0.0390. The summed E-state index contributed by atoms with van der Waals surface area (Å²) in [5.41, 5.74) is 12.8. The van der Waals surface area contributed by atoms with E-state index >= 15 is 0 Å². The van der Waals surface area contributed by atoms with Crippen LogP contribution in [-0.4, -0.2) is 66.4 Å². The first-order valence-corrected chi connectivity index (χ1v) is 18.4. The van der Waals surface area contributed by atoms with Crippen LogP contribution in [-0.2, 0) is 0 Å². The lowest BCUT2D eigenvalue weighted by molar-refractivity contribution is 0.291. The molecule has 0 fully saturated rings. The predicted molar refractivity (Wildman–Crippen MR) is 227 cm³/mol. The summed E-state index contributed by atoms with van der Waals surface area (Å²) in [5.74, 6) is 2.04. The minimum atomic E-state index is 0.158. The fourth-order valence-corrected chi connectivity index (χ4v) is 4.63. The number of anilines is 6. The lowest BCUT2D eigenvalue weighted by Gasteiger charge is -2.08. The zero-order chi connectivity index (χ0) is 40.3. The number of rotatable bonds is 10. The minimum Gasteiger partial charge on any atom is -0.399 e. The molecule has 9 N–H and O–H groups in total. The number of nitrogens with one attached hydrogen (secondary N) is 3. The second-order valence-corrected chi connectivity index (χ2v) is 12.8. The highest BCUT2D eigenvalue weighted by molar-refractivity contribution is 6.33. The summed E-state index contributed by atoms with van der Waals surface area (Å²) in [5, 5.41) is 29.2. The highest BCUT2D eigenvalue weighted by Gasteiger charge is 2.01. The van der Waals surface area contributed by atoms with Gasteiger partial charge in [-0.2, -0.15) is 0 Å². The molecule has 6 aromatic rings. The molecular formula is C36H39Cl6N11O2. The molecule has 0 aliphatic heterocycles. The summed E-state index contributed by atoms with van der Waals surface area (Å²) < 4.78 is 0. The van der Waals surface area contributed by atoms with Gasteiger partial charge in [-0.15, -0.1) is 0 Å². The highest BCUT2D eigenvalue weighted by atomic mass is 35.5. The molecule has 0 unspecified atom stereocenters. The lowest BCUT2D eigenvalue weighted by Crippen LogP contribution is -2.06. The molecule has 55 heavy (non-hydrogen) atoms. The van der Waals surface area contributed by atoms with E-state index in [9.17, 15) is 0 Å². The van der Waals surface area contributed by atoms with Gasteiger partial charge in [-0.25, -0.2) is 29.9 Å². The van der Waals surface area contributed by atoms with Crippen molar-refractivity contribution in [1.82, 2.24) is 29.9 Å². The van der Waals surface area contributed by atoms with Crippen LogP contribution in [0.15, 0.2) is 110 Å². The van der Waals surface area contributed by atoms with Crippen LogP contribution in [0.1, 0.15) is 12.8 Å². The van der Waals surface area contributed by atoms with Gasteiger partial charge in [-0.3, -0.25) is 0 Å². The molecule has 3 aromatic carbocycles. The van der Waals surface area contributed by atoms with Crippen molar-refractivity contribution in [2.45, 2.75) is 12.8 Å². The van der Waals surface area contributed by atoms with Crippen molar-refractivity contribution < 1.29 is 10.2 Å². The first-order chi connectivity index (χ1) is 26.5. The Morgan fingerprint density at radius 1 is 0.509 bits per heavy atom. The van der Waals surface area contributed by atoms with Crippen LogP contribution in [0.5, 0.6) is 0 Å². The number of aliphatic hydroxyl groups excluding tert-OH is 2. The normalized spacial score (nSPS) is 9.69. The number of benzene rings is 3. The molecule has 3 aromatic heterocycles. The average Bonchev–Trinajstić information content (AvgIpc) is 3.13. The molecule has 0 aliphatic rings.